The minimum absolute atomic E-state index is 0.00385. The van der Waals surface area contributed by atoms with Gasteiger partial charge in [-0.3, -0.25) is 4.72 Å². The lowest BCUT2D eigenvalue weighted by molar-refractivity contribution is 0.601. The molecule has 0 saturated heterocycles. The number of nitroso groups, excluding NO2 is 1. The molecule has 0 saturated carbocycles. The number of hydrogen-bond acceptors (Lipinski definition) is 4. The van der Waals surface area contributed by atoms with E-state index < -0.39 is 26.4 Å². The van der Waals surface area contributed by atoms with E-state index in [4.69, 9.17) is 34.8 Å². The first kappa shape index (κ1) is 17.9. The van der Waals surface area contributed by atoms with Crippen LogP contribution in [0, 0.1) is 17.6 Å². The summed E-state index contributed by atoms with van der Waals surface area (Å²) in [6.45, 7) is 1.44. The zero-order chi connectivity index (χ0) is 17.4. The van der Waals surface area contributed by atoms with E-state index in [1.807, 2.05) is 0 Å². The Morgan fingerprint density at radius 3 is 2.35 bits per heavy atom. The molecule has 0 unspecified atom stereocenters. The van der Waals surface area contributed by atoms with E-state index in [2.05, 4.69) is 9.90 Å². The molecule has 0 aliphatic rings. The highest BCUT2D eigenvalue weighted by Crippen LogP contribution is 2.37. The maximum atomic E-state index is 13.4. The molecule has 0 aliphatic carbocycles. The van der Waals surface area contributed by atoms with Crippen LogP contribution in [-0.2, 0) is 10.0 Å². The topological polar surface area (TPSA) is 75.6 Å². The van der Waals surface area contributed by atoms with E-state index in [0.717, 1.165) is 12.1 Å². The van der Waals surface area contributed by atoms with Crippen molar-refractivity contribution >= 4 is 56.2 Å². The van der Waals surface area contributed by atoms with Gasteiger partial charge in [0, 0.05) is 5.02 Å². The van der Waals surface area contributed by atoms with Gasteiger partial charge in [-0.05, 0) is 41.9 Å². The predicted octanol–water partition coefficient (Wildman–Crippen LogP) is 5.29. The van der Waals surface area contributed by atoms with Crippen LogP contribution in [0.5, 0.6) is 0 Å². The third kappa shape index (κ3) is 3.74. The Hall–Kier alpha value is -1.41. The third-order valence-electron chi connectivity index (χ3n) is 2.87. The molecule has 10 heteroatoms. The van der Waals surface area contributed by atoms with E-state index in [9.17, 15) is 17.7 Å². The highest BCUT2D eigenvalue weighted by atomic mass is 35.5. The van der Waals surface area contributed by atoms with E-state index in [1.165, 1.54) is 19.1 Å². The number of hydrogen-bond donors (Lipinski definition) is 1. The molecule has 5 nitrogen and oxygen atoms in total. The second-order valence-electron chi connectivity index (χ2n) is 4.51. The predicted molar refractivity (Wildman–Crippen MR) is 88.9 cm³/mol. The van der Waals surface area contributed by atoms with E-state index >= 15 is 0 Å². The quantitative estimate of drug-likeness (QED) is 0.712. The molecule has 0 atom stereocenters. The average molecular weight is 398 g/mol. The van der Waals surface area contributed by atoms with Gasteiger partial charge in [-0.2, -0.15) is 0 Å². The van der Waals surface area contributed by atoms with Crippen LogP contribution in [0.4, 0.5) is 15.8 Å². The fraction of sp³-hybridized carbons (Fsp3) is 0.0769. The summed E-state index contributed by atoms with van der Waals surface area (Å²) in [6.07, 6.45) is 0. The van der Waals surface area contributed by atoms with Crippen molar-refractivity contribution in [1.29, 1.82) is 0 Å². The van der Waals surface area contributed by atoms with E-state index in [1.54, 1.807) is 0 Å². The molecule has 23 heavy (non-hydrogen) atoms. The summed E-state index contributed by atoms with van der Waals surface area (Å²) >= 11 is 17.4. The van der Waals surface area contributed by atoms with Gasteiger partial charge in [-0.25, -0.2) is 12.8 Å². The van der Waals surface area contributed by atoms with Crippen LogP contribution < -0.4 is 4.72 Å². The molecule has 1 N–H and O–H groups in total. The first-order valence-corrected chi connectivity index (χ1v) is 8.58. The van der Waals surface area contributed by atoms with Crippen molar-refractivity contribution in [3.8, 4) is 0 Å². The fourth-order valence-electron chi connectivity index (χ4n) is 1.77. The zero-order valence-electron chi connectivity index (χ0n) is 11.4. The van der Waals surface area contributed by atoms with Gasteiger partial charge in [0.25, 0.3) is 10.0 Å². The Labute approximate surface area is 146 Å². The number of benzene rings is 2. The standard InChI is InChI=1S/C13H8Cl3FN2O3S/c1-6-2-11(8(15)5-10(6)17)19-23(21,22)12-4-7(14)3-9(16)13(12)18-20/h2-5,19H,1H3. The summed E-state index contributed by atoms with van der Waals surface area (Å²) in [5, 5.41) is 2.26. The highest BCUT2D eigenvalue weighted by molar-refractivity contribution is 7.93. The van der Waals surface area contributed by atoms with Crippen LogP contribution in [-0.4, -0.2) is 8.42 Å². The zero-order valence-corrected chi connectivity index (χ0v) is 14.5. The summed E-state index contributed by atoms with van der Waals surface area (Å²) in [6, 6.07) is 4.40. The van der Waals surface area contributed by atoms with Crippen molar-refractivity contribution in [2.75, 3.05) is 4.72 Å². The van der Waals surface area contributed by atoms with Crippen molar-refractivity contribution < 1.29 is 12.8 Å². The van der Waals surface area contributed by atoms with Gasteiger partial charge in [0.1, 0.15) is 16.4 Å². The second-order valence-corrected chi connectivity index (χ2v) is 7.41. The molecule has 0 bridgehead atoms. The molecule has 0 heterocycles. The lowest BCUT2D eigenvalue weighted by Gasteiger charge is -2.12. The van der Waals surface area contributed by atoms with Crippen LogP contribution in [0.3, 0.4) is 0 Å². The van der Waals surface area contributed by atoms with Crippen molar-refractivity contribution in [2.24, 2.45) is 5.18 Å². The first-order chi connectivity index (χ1) is 10.7. The Morgan fingerprint density at radius 1 is 1.09 bits per heavy atom. The van der Waals surface area contributed by atoms with Gasteiger partial charge in [-0.15, -0.1) is 4.91 Å². The van der Waals surface area contributed by atoms with Crippen LogP contribution in [0.25, 0.3) is 0 Å². The normalized spacial score (nSPS) is 11.3. The van der Waals surface area contributed by atoms with Crippen LogP contribution in [0.1, 0.15) is 5.56 Å². The third-order valence-corrected chi connectivity index (χ3v) is 5.06. The van der Waals surface area contributed by atoms with Crippen molar-refractivity contribution in [3.05, 3.63) is 55.6 Å². The molecule has 0 amide bonds. The number of rotatable bonds is 4. The molecule has 2 rings (SSSR count). The van der Waals surface area contributed by atoms with Gasteiger partial charge in [0.2, 0.25) is 0 Å². The van der Waals surface area contributed by atoms with Gasteiger partial charge >= 0.3 is 0 Å². The molecule has 0 aromatic heterocycles. The van der Waals surface area contributed by atoms with E-state index in [-0.39, 0.29) is 26.3 Å². The lowest BCUT2D eigenvalue weighted by Crippen LogP contribution is -2.14. The van der Waals surface area contributed by atoms with Crippen LogP contribution in [0.15, 0.2) is 34.3 Å². The number of nitrogens with one attached hydrogen (secondary N) is 1. The number of sulfonamides is 1. The van der Waals surface area contributed by atoms with Crippen LogP contribution >= 0.6 is 34.8 Å². The molecule has 0 spiro atoms. The van der Waals surface area contributed by atoms with Gasteiger partial charge in [0.05, 0.1) is 15.7 Å². The largest absolute Gasteiger partial charge is 0.278 e. The maximum Gasteiger partial charge on any atom is 0.264 e. The van der Waals surface area contributed by atoms with Crippen molar-refractivity contribution in [2.45, 2.75) is 11.8 Å². The summed E-state index contributed by atoms with van der Waals surface area (Å²) in [5.41, 5.74) is -0.359. The summed E-state index contributed by atoms with van der Waals surface area (Å²) in [7, 11) is -4.27. The first-order valence-electron chi connectivity index (χ1n) is 5.96. The smallest absolute Gasteiger partial charge is 0.264 e. The van der Waals surface area contributed by atoms with Gasteiger partial charge in [-0.1, -0.05) is 34.8 Å². The minimum Gasteiger partial charge on any atom is -0.278 e. The minimum atomic E-state index is -4.27. The molecule has 2 aromatic carbocycles. The van der Waals surface area contributed by atoms with Gasteiger partial charge in [0.15, 0.2) is 0 Å². The Morgan fingerprint density at radius 2 is 1.74 bits per heavy atom. The van der Waals surface area contributed by atoms with E-state index in [0.29, 0.717) is 0 Å². The second kappa shape index (κ2) is 6.60. The van der Waals surface area contributed by atoms with Crippen LogP contribution in [0.2, 0.25) is 15.1 Å². The molecule has 2 aromatic rings. The SMILES string of the molecule is Cc1cc(NS(=O)(=O)c2cc(Cl)cc(Cl)c2N=O)c(Cl)cc1F. The molecule has 122 valence electrons. The Balaban J connectivity index is 2.57. The Kier molecular flexibility index (Phi) is 5.15. The molecule has 0 radical (unpaired) electrons. The van der Waals surface area contributed by atoms with Crippen molar-refractivity contribution in [3.63, 3.8) is 0 Å². The average Bonchev–Trinajstić information content (AvgIpc) is 2.43. The molecule has 0 fully saturated rings. The molecule has 0 aliphatic heterocycles. The fourth-order valence-corrected chi connectivity index (χ4v) is 3.93. The Bertz CT molecular complexity index is 904. The van der Waals surface area contributed by atoms with Crippen molar-refractivity contribution in [1.82, 2.24) is 0 Å². The monoisotopic (exact) mass is 396 g/mol. The summed E-state index contributed by atoms with van der Waals surface area (Å²) < 4.78 is 40.5. The van der Waals surface area contributed by atoms with Gasteiger partial charge < -0.3 is 0 Å². The summed E-state index contributed by atoms with van der Waals surface area (Å²) in [5.74, 6) is -0.584. The number of halogens is 4. The number of nitrogens with zero attached hydrogens (tertiary/aromatic N) is 1. The number of aryl methyl sites for hydroxylation is 1. The molecular formula is C13H8Cl3FN2O3S. The number of anilines is 1. The molecular weight excluding hydrogens is 390 g/mol. The maximum absolute atomic E-state index is 13.4. The summed E-state index contributed by atoms with van der Waals surface area (Å²) in [4.78, 5) is 10.4. The lowest BCUT2D eigenvalue weighted by atomic mass is 10.2. The highest BCUT2D eigenvalue weighted by Gasteiger charge is 2.24.